The fourth-order valence-electron chi connectivity index (χ4n) is 2.65. The van der Waals surface area contributed by atoms with E-state index in [2.05, 4.69) is 9.88 Å². The summed E-state index contributed by atoms with van der Waals surface area (Å²) in [7, 11) is 0. The Morgan fingerprint density at radius 3 is 2.55 bits per heavy atom. The molecule has 0 atom stereocenters. The van der Waals surface area contributed by atoms with Gasteiger partial charge in [-0.15, -0.1) is 0 Å². The van der Waals surface area contributed by atoms with Crippen LogP contribution in [0.5, 0.6) is 0 Å². The Kier molecular flexibility index (Phi) is 4.44. The highest BCUT2D eigenvalue weighted by molar-refractivity contribution is 5.93. The number of aromatic nitrogens is 1. The molecule has 22 heavy (non-hydrogen) atoms. The van der Waals surface area contributed by atoms with Crippen molar-refractivity contribution in [1.82, 2.24) is 14.8 Å². The molecule has 0 saturated carbocycles. The van der Waals surface area contributed by atoms with Crippen LogP contribution in [0, 0.1) is 5.82 Å². The Morgan fingerprint density at radius 2 is 1.86 bits per heavy atom. The number of hydrogen-bond acceptors (Lipinski definition) is 3. The summed E-state index contributed by atoms with van der Waals surface area (Å²) in [6.45, 7) is 3.40. The highest BCUT2D eigenvalue weighted by atomic mass is 19.1. The van der Waals surface area contributed by atoms with Crippen molar-refractivity contribution in [3.8, 4) is 0 Å². The molecule has 4 nitrogen and oxygen atoms in total. The zero-order chi connectivity index (χ0) is 15.4. The topological polar surface area (TPSA) is 36.4 Å². The third-order valence-electron chi connectivity index (χ3n) is 3.92. The van der Waals surface area contributed by atoms with E-state index in [1.54, 1.807) is 30.6 Å². The van der Waals surface area contributed by atoms with Gasteiger partial charge in [-0.25, -0.2) is 4.39 Å². The lowest BCUT2D eigenvalue weighted by atomic mass is 10.1. The maximum atomic E-state index is 13.7. The van der Waals surface area contributed by atoms with Gasteiger partial charge in [0.1, 0.15) is 5.82 Å². The fourth-order valence-corrected chi connectivity index (χ4v) is 2.65. The molecule has 1 aliphatic heterocycles. The molecule has 1 amide bonds. The highest BCUT2D eigenvalue weighted by Crippen LogP contribution is 2.13. The van der Waals surface area contributed by atoms with Crippen LogP contribution < -0.4 is 0 Å². The molecule has 0 aliphatic carbocycles. The van der Waals surface area contributed by atoms with E-state index in [1.165, 1.54) is 6.07 Å². The summed E-state index contributed by atoms with van der Waals surface area (Å²) in [5, 5.41) is 0. The van der Waals surface area contributed by atoms with Crippen molar-refractivity contribution >= 4 is 5.91 Å². The van der Waals surface area contributed by atoms with Gasteiger partial charge in [0.05, 0.1) is 5.56 Å². The van der Waals surface area contributed by atoms with E-state index >= 15 is 0 Å². The molecule has 3 rings (SSSR count). The Balaban J connectivity index is 1.57. The molecule has 1 aromatic carbocycles. The van der Waals surface area contributed by atoms with Gasteiger partial charge in [0.25, 0.3) is 5.91 Å². The van der Waals surface area contributed by atoms with Crippen molar-refractivity contribution in [2.45, 2.75) is 6.54 Å². The molecular weight excluding hydrogens is 281 g/mol. The molecule has 0 N–H and O–H groups in total. The van der Waals surface area contributed by atoms with Crippen LogP contribution in [0.2, 0.25) is 0 Å². The third-order valence-corrected chi connectivity index (χ3v) is 3.92. The lowest BCUT2D eigenvalue weighted by Crippen LogP contribution is -2.48. The van der Waals surface area contributed by atoms with E-state index in [4.69, 9.17) is 0 Å². The second-order valence-electron chi connectivity index (χ2n) is 5.40. The van der Waals surface area contributed by atoms with Gasteiger partial charge in [-0.05, 0) is 18.2 Å². The Morgan fingerprint density at radius 1 is 1.09 bits per heavy atom. The van der Waals surface area contributed by atoms with E-state index in [0.29, 0.717) is 30.8 Å². The van der Waals surface area contributed by atoms with E-state index in [9.17, 15) is 9.18 Å². The maximum Gasteiger partial charge on any atom is 0.255 e. The Hall–Kier alpha value is -2.27. The van der Waals surface area contributed by atoms with Gasteiger partial charge < -0.3 is 4.90 Å². The molecule has 0 bridgehead atoms. The Bertz CT molecular complexity index is 639. The zero-order valence-electron chi connectivity index (χ0n) is 12.3. The van der Waals surface area contributed by atoms with E-state index in [-0.39, 0.29) is 11.7 Å². The predicted molar refractivity (Wildman–Crippen MR) is 81.8 cm³/mol. The van der Waals surface area contributed by atoms with Crippen molar-refractivity contribution in [3.63, 3.8) is 0 Å². The van der Waals surface area contributed by atoms with Crippen molar-refractivity contribution in [2.75, 3.05) is 26.2 Å². The van der Waals surface area contributed by atoms with Gasteiger partial charge in [0.15, 0.2) is 0 Å². The summed E-state index contributed by atoms with van der Waals surface area (Å²) in [4.78, 5) is 20.3. The minimum atomic E-state index is -0.170. The quantitative estimate of drug-likeness (QED) is 0.871. The van der Waals surface area contributed by atoms with Crippen LogP contribution in [0.4, 0.5) is 4.39 Å². The number of rotatable bonds is 3. The van der Waals surface area contributed by atoms with Gasteiger partial charge in [0, 0.05) is 50.7 Å². The summed E-state index contributed by atoms with van der Waals surface area (Å²) < 4.78 is 13.7. The van der Waals surface area contributed by atoms with E-state index < -0.39 is 0 Å². The SMILES string of the molecule is O=C(c1cccnc1)N1CCN(Cc2ccccc2F)CC1. The first-order chi connectivity index (χ1) is 10.7. The molecule has 5 heteroatoms. The molecule has 1 fully saturated rings. The minimum absolute atomic E-state index is 0.0126. The van der Waals surface area contributed by atoms with Crippen LogP contribution in [-0.4, -0.2) is 46.9 Å². The number of benzene rings is 1. The first-order valence-corrected chi connectivity index (χ1v) is 7.39. The van der Waals surface area contributed by atoms with Crippen molar-refractivity contribution in [2.24, 2.45) is 0 Å². The molecule has 114 valence electrons. The van der Waals surface area contributed by atoms with Crippen LogP contribution in [0.25, 0.3) is 0 Å². The summed E-state index contributed by atoms with van der Waals surface area (Å²) in [6, 6.07) is 10.4. The van der Waals surface area contributed by atoms with Crippen LogP contribution in [0.15, 0.2) is 48.8 Å². The molecule has 1 aromatic heterocycles. The zero-order valence-corrected chi connectivity index (χ0v) is 12.3. The summed E-state index contributed by atoms with van der Waals surface area (Å²) >= 11 is 0. The van der Waals surface area contributed by atoms with Gasteiger partial charge in [-0.1, -0.05) is 18.2 Å². The fraction of sp³-hybridized carbons (Fsp3) is 0.294. The molecule has 0 spiro atoms. The Labute approximate surface area is 129 Å². The summed E-state index contributed by atoms with van der Waals surface area (Å²) in [5.74, 6) is -0.157. The van der Waals surface area contributed by atoms with Gasteiger partial charge in [-0.2, -0.15) is 0 Å². The van der Waals surface area contributed by atoms with Crippen LogP contribution in [0.3, 0.4) is 0 Å². The standard InChI is InChI=1S/C17H18FN3O/c18-16-6-2-1-4-15(16)13-20-8-10-21(11-9-20)17(22)14-5-3-7-19-12-14/h1-7,12H,8-11,13H2. The minimum Gasteiger partial charge on any atom is -0.336 e. The summed E-state index contributed by atoms with van der Waals surface area (Å²) in [5.41, 5.74) is 1.32. The number of carbonyl (C=O) groups excluding carboxylic acids is 1. The molecule has 1 saturated heterocycles. The number of amides is 1. The molecule has 0 unspecified atom stereocenters. The lowest BCUT2D eigenvalue weighted by molar-refractivity contribution is 0.0626. The van der Waals surface area contributed by atoms with Crippen molar-refractivity contribution in [1.29, 1.82) is 0 Å². The van der Waals surface area contributed by atoms with Crippen LogP contribution in [-0.2, 0) is 6.54 Å². The molecular formula is C17H18FN3O. The number of hydrogen-bond donors (Lipinski definition) is 0. The van der Waals surface area contributed by atoms with Crippen LogP contribution >= 0.6 is 0 Å². The van der Waals surface area contributed by atoms with Crippen LogP contribution in [0.1, 0.15) is 15.9 Å². The monoisotopic (exact) mass is 299 g/mol. The third kappa shape index (κ3) is 3.31. The average molecular weight is 299 g/mol. The lowest BCUT2D eigenvalue weighted by Gasteiger charge is -2.34. The van der Waals surface area contributed by atoms with Gasteiger partial charge in [0.2, 0.25) is 0 Å². The van der Waals surface area contributed by atoms with Gasteiger partial charge in [-0.3, -0.25) is 14.7 Å². The maximum absolute atomic E-state index is 13.7. The average Bonchev–Trinajstić information content (AvgIpc) is 2.58. The smallest absolute Gasteiger partial charge is 0.255 e. The number of halogens is 1. The molecule has 1 aliphatic rings. The second kappa shape index (κ2) is 6.66. The normalized spacial score (nSPS) is 15.8. The highest BCUT2D eigenvalue weighted by Gasteiger charge is 2.22. The molecule has 0 radical (unpaired) electrons. The number of nitrogens with zero attached hydrogens (tertiary/aromatic N) is 3. The second-order valence-corrected chi connectivity index (χ2v) is 5.40. The van der Waals surface area contributed by atoms with E-state index in [0.717, 1.165) is 13.1 Å². The molecule has 2 aromatic rings. The largest absolute Gasteiger partial charge is 0.336 e. The first-order valence-electron chi connectivity index (χ1n) is 7.39. The summed E-state index contributed by atoms with van der Waals surface area (Å²) in [6.07, 6.45) is 3.25. The number of pyridine rings is 1. The first kappa shape index (κ1) is 14.7. The van der Waals surface area contributed by atoms with Crippen molar-refractivity contribution in [3.05, 3.63) is 65.7 Å². The van der Waals surface area contributed by atoms with Crippen molar-refractivity contribution < 1.29 is 9.18 Å². The number of carbonyl (C=O) groups is 1. The van der Waals surface area contributed by atoms with Gasteiger partial charge >= 0.3 is 0 Å². The predicted octanol–water partition coefficient (Wildman–Crippen LogP) is 2.18. The number of piperazine rings is 1. The van der Waals surface area contributed by atoms with E-state index in [1.807, 2.05) is 17.0 Å². The molecule has 2 heterocycles.